The number of aromatic nitrogens is 3. The van der Waals surface area contributed by atoms with E-state index in [1.165, 1.54) is 11.1 Å². The summed E-state index contributed by atoms with van der Waals surface area (Å²) in [7, 11) is -2.04. The predicted molar refractivity (Wildman–Crippen MR) is 187 cm³/mol. The van der Waals surface area contributed by atoms with Crippen LogP contribution in [0.2, 0.25) is 5.02 Å². The molecule has 0 radical (unpaired) electrons. The van der Waals surface area contributed by atoms with Gasteiger partial charge in [0.2, 0.25) is 10.0 Å². The number of fused-ring (bicyclic) bond motifs is 5. The second kappa shape index (κ2) is 13.0. The smallest absolute Gasteiger partial charge is 0.264 e. The minimum Gasteiger partial charge on any atom is -0.490 e. The normalized spacial score (nSPS) is 31.3. The number of halogens is 1. The van der Waals surface area contributed by atoms with Crippen LogP contribution in [0.25, 0.3) is 0 Å². The first kappa shape index (κ1) is 32.8. The van der Waals surface area contributed by atoms with Gasteiger partial charge in [-0.1, -0.05) is 36.2 Å². The molecule has 3 aliphatic carbocycles. The van der Waals surface area contributed by atoms with E-state index in [4.69, 9.17) is 21.1 Å². The van der Waals surface area contributed by atoms with Gasteiger partial charge in [-0.15, -0.1) is 0 Å². The van der Waals surface area contributed by atoms with Gasteiger partial charge in [-0.2, -0.15) is 5.10 Å². The molecule has 2 aliphatic heterocycles. The summed E-state index contributed by atoms with van der Waals surface area (Å²) in [5, 5.41) is 4.55. The Morgan fingerprint density at radius 1 is 1.10 bits per heavy atom. The van der Waals surface area contributed by atoms with Crippen molar-refractivity contribution in [1.29, 1.82) is 0 Å². The van der Waals surface area contributed by atoms with Crippen LogP contribution in [0, 0.1) is 17.8 Å². The van der Waals surface area contributed by atoms with Crippen molar-refractivity contribution >= 4 is 33.2 Å². The number of aryl methyl sites for hydroxylation is 2. The first-order chi connectivity index (χ1) is 23.7. The molecule has 12 heteroatoms. The van der Waals surface area contributed by atoms with E-state index in [1.807, 2.05) is 25.2 Å². The summed E-state index contributed by atoms with van der Waals surface area (Å²) in [4.78, 5) is 20.4. The number of carbonyl (C=O) groups is 1. The molecule has 10 nitrogen and oxygen atoms in total. The van der Waals surface area contributed by atoms with Gasteiger partial charge < -0.3 is 14.4 Å². The zero-order valence-corrected chi connectivity index (χ0v) is 29.5. The number of rotatable bonds is 3. The standard InChI is InChI=1S/C37H44ClN5O5S/c1-42-23-39-35(40-42)20-47-32-8-2-5-24-6-3-9-34(24)49(45,46)41-36(44)26-11-15-33-31(18-26)43(19-27-10-13-29(27)32)21-37(22-48-33)16-4-7-25-17-28(38)12-14-30(25)37/h2,8,11-12,14-15,17-18,23-24,27,29,32,34H,3-7,9-10,13,16,19-22H2,1H3,(H,41,44)/b8-2-/t24-,27+,29-,32+,34-,37+/m1/s1. The topological polar surface area (TPSA) is 116 Å². The quantitative estimate of drug-likeness (QED) is 0.343. The van der Waals surface area contributed by atoms with E-state index < -0.39 is 21.2 Å². The van der Waals surface area contributed by atoms with Crippen molar-refractivity contribution in [3.63, 3.8) is 0 Å². The fourth-order valence-electron chi connectivity index (χ4n) is 9.07. The van der Waals surface area contributed by atoms with E-state index in [9.17, 15) is 13.2 Å². The number of anilines is 1. The molecule has 1 amide bonds. The molecule has 1 aromatic heterocycles. The SMILES string of the molecule is Cn1cnc(CO[C@H]2/C=C\C[C@@H]3CCC[C@H]3S(=O)(=O)NC(=O)c3ccc4c(c3)N(C[C@@H]3CC[C@H]32)C[C@@]2(CCCc3cc(Cl)ccc32)CO4)n1. The molecule has 8 rings (SSSR count). The number of allylic oxidation sites excluding steroid dienone is 1. The third kappa shape index (κ3) is 6.38. The van der Waals surface area contributed by atoms with Crippen molar-refractivity contribution in [2.75, 3.05) is 24.6 Å². The highest BCUT2D eigenvalue weighted by Gasteiger charge is 2.45. The Balaban J connectivity index is 1.18. The molecule has 2 bridgehead atoms. The highest BCUT2D eigenvalue weighted by atomic mass is 35.5. The number of sulfonamides is 1. The summed E-state index contributed by atoms with van der Waals surface area (Å²) >= 11 is 6.46. The van der Waals surface area contributed by atoms with Gasteiger partial charge in [-0.25, -0.2) is 18.1 Å². The van der Waals surface area contributed by atoms with E-state index in [2.05, 4.69) is 44.0 Å². The lowest BCUT2D eigenvalue weighted by atomic mass is 9.68. The predicted octanol–water partition coefficient (Wildman–Crippen LogP) is 5.74. The highest BCUT2D eigenvalue weighted by molar-refractivity contribution is 7.90. The van der Waals surface area contributed by atoms with Crippen LogP contribution < -0.4 is 14.4 Å². The molecule has 2 fully saturated rings. The van der Waals surface area contributed by atoms with E-state index >= 15 is 0 Å². The van der Waals surface area contributed by atoms with Gasteiger partial charge in [-0.3, -0.25) is 9.48 Å². The molecule has 5 aliphatic rings. The van der Waals surface area contributed by atoms with Crippen molar-refractivity contribution in [2.45, 2.75) is 81.2 Å². The van der Waals surface area contributed by atoms with Gasteiger partial charge in [0.1, 0.15) is 18.7 Å². The average Bonchev–Trinajstić information content (AvgIpc) is 3.69. The molecule has 49 heavy (non-hydrogen) atoms. The number of nitrogens with zero attached hydrogens (tertiary/aromatic N) is 4. The minimum absolute atomic E-state index is 0.0647. The minimum atomic E-state index is -3.89. The molecule has 0 unspecified atom stereocenters. The van der Waals surface area contributed by atoms with Crippen LogP contribution in [0.5, 0.6) is 5.75 Å². The fraction of sp³-hybridized carbons (Fsp3) is 0.541. The summed E-state index contributed by atoms with van der Waals surface area (Å²) in [5.74, 6) is 1.30. The van der Waals surface area contributed by atoms with Crippen LogP contribution >= 0.6 is 11.6 Å². The first-order valence-electron chi connectivity index (χ1n) is 17.7. The number of ether oxygens (including phenoxy) is 2. The Labute approximate surface area is 293 Å². The van der Waals surface area contributed by atoms with Gasteiger partial charge in [0, 0.05) is 36.1 Å². The third-order valence-corrected chi connectivity index (χ3v) is 13.8. The third-order valence-electron chi connectivity index (χ3n) is 11.7. The monoisotopic (exact) mass is 705 g/mol. The largest absolute Gasteiger partial charge is 0.490 e. The van der Waals surface area contributed by atoms with Gasteiger partial charge in [0.25, 0.3) is 5.91 Å². The zero-order chi connectivity index (χ0) is 33.8. The van der Waals surface area contributed by atoms with Crippen LogP contribution in [0.1, 0.15) is 78.7 Å². The second-order valence-corrected chi connectivity index (χ2v) is 17.1. The maximum atomic E-state index is 13.7. The molecular weight excluding hydrogens is 662 g/mol. The summed E-state index contributed by atoms with van der Waals surface area (Å²) in [6, 6.07) is 11.6. The Kier molecular flexibility index (Phi) is 8.73. The lowest BCUT2D eigenvalue weighted by Gasteiger charge is -2.46. The van der Waals surface area contributed by atoms with Crippen molar-refractivity contribution in [2.24, 2.45) is 24.8 Å². The molecule has 1 spiro atoms. The number of amides is 1. The number of carbonyl (C=O) groups excluding carboxylic acids is 1. The molecule has 0 saturated heterocycles. The average molecular weight is 706 g/mol. The maximum absolute atomic E-state index is 13.7. The number of hydrogen-bond acceptors (Lipinski definition) is 8. The summed E-state index contributed by atoms with van der Waals surface area (Å²) in [6.07, 6.45) is 13.6. The summed E-state index contributed by atoms with van der Waals surface area (Å²) in [5.41, 5.74) is 3.42. The molecule has 3 aromatic rings. The number of hydrogen-bond donors (Lipinski definition) is 1. The number of benzene rings is 2. The van der Waals surface area contributed by atoms with E-state index in [0.29, 0.717) is 55.7 Å². The zero-order valence-electron chi connectivity index (χ0n) is 27.9. The van der Waals surface area contributed by atoms with Crippen molar-refractivity contribution in [1.82, 2.24) is 19.5 Å². The maximum Gasteiger partial charge on any atom is 0.264 e. The van der Waals surface area contributed by atoms with Crippen molar-refractivity contribution in [3.8, 4) is 5.75 Å². The van der Waals surface area contributed by atoms with Crippen LogP contribution in [-0.4, -0.2) is 60.1 Å². The van der Waals surface area contributed by atoms with E-state index in [1.54, 1.807) is 17.1 Å². The highest BCUT2D eigenvalue weighted by Crippen LogP contribution is 2.47. The molecular formula is C37H44ClN5O5S. The fourth-order valence-corrected chi connectivity index (χ4v) is 11.0. The summed E-state index contributed by atoms with van der Waals surface area (Å²) in [6.45, 7) is 2.28. The van der Waals surface area contributed by atoms with Gasteiger partial charge in [-0.05, 0) is 111 Å². The van der Waals surface area contributed by atoms with Crippen LogP contribution in [0.15, 0.2) is 54.9 Å². The van der Waals surface area contributed by atoms with Crippen LogP contribution in [-0.2, 0) is 40.3 Å². The molecule has 1 N–H and O–H groups in total. The van der Waals surface area contributed by atoms with E-state index in [-0.39, 0.29) is 23.4 Å². The Hall–Kier alpha value is -3.41. The number of nitrogens with one attached hydrogen (secondary N) is 1. The Morgan fingerprint density at radius 3 is 2.82 bits per heavy atom. The Morgan fingerprint density at radius 2 is 2.00 bits per heavy atom. The summed E-state index contributed by atoms with van der Waals surface area (Å²) < 4.78 is 44.7. The van der Waals surface area contributed by atoms with Gasteiger partial charge >= 0.3 is 0 Å². The Bertz CT molecular complexity index is 1880. The molecule has 2 saturated carbocycles. The lowest BCUT2D eigenvalue weighted by molar-refractivity contribution is -0.0249. The van der Waals surface area contributed by atoms with Crippen LogP contribution in [0.3, 0.4) is 0 Å². The van der Waals surface area contributed by atoms with Gasteiger partial charge in [0.15, 0.2) is 5.82 Å². The van der Waals surface area contributed by atoms with Gasteiger partial charge in [0.05, 0.1) is 23.6 Å². The second-order valence-electron chi connectivity index (χ2n) is 14.8. The van der Waals surface area contributed by atoms with Crippen LogP contribution in [0.4, 0.5) is 5.69 Å². The molecule has 6 atom stereocenters. The van der Waals surface area contributed by atoms with Crippen molar-refractivity contribution < 1.29 is 22.7 Å². The van der Waals surface area contributed by atoms with Crippen molar-refractivity contribution in [3.05, 3.63) is 82.4 Å². The molecule has 3 heterocycles. The first-order valence-corrected chi connectivity index (χ1v) is 19.6. The molecule has 260 valence electrons. The van der Waals surface area contributed by atoms with E-state index in [0.717, 1.165) is 62.2 Å². The molecule has 2 aromatic carbocycles. The lowest BCUT2D eigenvalue weighted by Crippen LogP contribution is -2.49.